The number of anilines is 1. The Kier molecular flexibility index (Phi) is 7.05. The van der Waals surface area contributed by atoms with Crippen LogP contribution in [0.25, 0.3) is 0 Å². The predicted octanol–water partition coefficient (Wildman–Crippen LogP) is 4.37. The molecule has 1 unspecified atom stereocenters. The lowest BCUT2D eigenvalue weighted by atomic mass is 10.1. The van der Waals surface area contributed by atoms with Crippen LogP contribution in [-0.2, 0) is 0 Å². The van der Waals surface area contributed by atoms with Crippen molar-refractivity contribution in [3.63, 3.8) is 0 Å². The molecule has 0 radical (unpaired) electrons. The maximum Gasteiger partial charge on any atom is 0.206 e. The van der Waals surface area contributed by atoms with Gasteiger partial charge in [-0.1, -0.05) is 43.9 Å². The number of hydrogen-bond donors (Lipinski definition) is 1. The van der Waals surface area contributed by atoms with Gasteiger partial charge < -0.3 is 10.1 Å². The van der Waals surface area contributed by atoms with E-state index in [0.717, 1.165) is 28.2 Å². The second-order valence-corrected chi connectivity index (χ2v) is 8.18. The Hall–Kier alpha value is -1.60. The number of carbonyl (C=O) groups is 1. The Bertz CT molecular complexity index is 656. The number of nitrogens with one attached hydrogen (secondary N) is 1. The van der Waals surface area contributed by atoms with Crippen LogP contribution in [-0.4, -0.2) is 34.9 Å². The second kappa shape index (κ2) is 9.03. The molecule has 0 aliphatic carbocycles. The minimum absolute atomic E-state index is 0.108. The van der Waals surface area contributed by atoms with Gasteiger partial charge in [0.05, 0.1) is 12.4 Å². The third-order valence-corrected chi connectivity index (χ3v) is 5.68. The average Bonchev–Trinajstić information content (AvgIpc) is 3.05. The van der Waals surface area contributed by atoms with Gasteiger partial charge in [0.15, 0.2) is 10.1 Å². The third kappa shape index (κ3) is 5.21. The van der Waals surface area contributed by atoms with Crippen molar-refractivity contribution in [2.45, 2.75) is 36.8 Å². The van der Waals surface area contributed by atoms with Gasteiger partial charge >= 0.3 is 0 Å². The molecule has 0 fully saturated rings. The van der Waals surface area contributed by atoms with E-state index in [1.165, 1.54) is 23.1 Å². The van der Waals surface area contributed by atoms with Gasteiger partial charge in [0.2, 0.25) is 5.13 Å². The average molecular weight is 366 g/mol. The number of ketones is 1. The molecule has 0 bridgehead atoms. The molecule has 0 amide bonds. The summed E-state index contributed by atoms with van der Waals surface area (Å²) >= 11 is 2.98. The summed E-state index contributed by atoms with van der Waals surface area (Å²) in [4.78, 5) is 12.7. The Balaban J connectivity index is 2.01. The van der Waals surface area contributed by atoms with E-state index >= 15 is 0 Å². The summed E-state index contributed by atoms with van der Waals surface area (Å²) < 4.78 is 5.95. The lowest BCUT2D eigenvalue weighted by Gasteiger charge is -2.11. The number of rotatable bonds is 9. The Morgan fingerprint density at radius 2 is 2.00 bits per heavy atom. The Morgan fingerprint density at radius 3 is 2.58 bits per heavy atom. The molecule has 0 spiro atoms. The highest BCUT2D eigenvalue weighted by Crippen LogP contribution is 2.32. The first-order chi connectivity index (χ1) is 11.5. The molecule has 0 aliphatic heterocycles. The first-order valence-corrected chi connectivity index (χ1v) is 9.65. The molecule has 1 N–H and O–H groups in total. The summed E-state index contributed by atoms with van der Waals surface area (Å²) in [7, 11) is 1.61. The molecule has 2 aromatic rings. The van der Waals surface area contributed by atoms with Gasteiger partial charge in [0.25, 0.3) is 0 Å². The van der Waals surface area contributed by atoms with Crippen LogP contribution < -0.4 is 10.1 Å². The standard InChI is InChI=1S/C17H23N3O2S2/c1-5-14(15(21)12-6-8-13(22-4)9-7-12)23-17-20-19-16(24-17)18-10-11(2)3/h6-9,11,14H,5,10H2,1-4H3,(H,18,19). The number of Topliss-reactive ketones (excluding diaryl/α,β-unsaturated/α-hetero) is 1. The first kappa shape index (κ1) is 18.7. The van der Waals surface area contributed by atoms with Crippen LogP contribution in [0.2, 0.25) is 0 Å². The van der Waals surface area contributed by atoms with E-state index in [0.29, 0.717) is 11.5 Å². The highest BCUT2D eigenvalue weighted by Gasteiger charge is 2.21. The van der Waals surface area contributed by atoms with E-state index in [4.69, 9.17) is 4.74 Å². The number of benzene rings is 1. The number of aromatic nitrogens is 2. The zero-order valence-corrected chi connectivity index (χ0v) is 16.0. The zero-order valence-electron chi connectivity index (χ0n) is 14.4. The summed E-state index contributed by atoms with van der Waals surface area (Å²) in [6, 6.07) is 7.23. The van der Waals surface area contributed by atoms with Crippen molar-refractivity contribution < 1.29 is 9.53 Å². The number of hydrogen-bond acceptors (Lipinski definition) is 7. The molecule has 0 saturated heterocycles. The minimum atomic E-state index is -0.163. The van der Waals surface area contributed by atoms with Gasteiger partial charge in [0.1, 0.15) is 5.75 Å². The van der Waals surface area contributed by atoms with Crippen LogP contribution in [0, 0.1) is 5.92 Å². The summed E-state index contributed by atoms with van der Waals surface area (Å²) in [6.07, 6.45) is 0.740. The van der Waals surface area contributed by atoms with Crippen molar-refractivity contribution >= 4 is 34.0 Å². The largest absolute Gasteiger partial charge is 0.497 e. The molecule has 1 heterocycles. The van der Waals surface area contributed by atoms with Crippen LogP contribution >= 0.6 is 23.1 Å². The maximum atomic E-state index is 12.7. The van der Waals surface area contributed by atoms with Crippen LogP contribution in [0.4, 0.5) is 5.13 Å². The zero-order chi connectivity index (χ0) is 17.5. The number of methoxy groups -OCH3 is 1. The third-order valence-electron chi connectivity index (χ3n) is 3.35. The molecule has 7 heteroatoms. The maximum absolute atomic E-state index is 12.7. The summed E-state index contributed by atoms with van der Waals surface area (Å²) in [5, 5.41) is 12.2. The number of ether oxygens (including phenoxy) is 1. The van der Waals surface area contributed by atoms with Crippen molar-refractivity contribution in [3.8, 4) is 5.75 Å². The van der Waals surface area contributed by atoms with E-state index in [9.17, 15) is 4.79 Å². The lowest BCUT2D eigenvalue weighted by molar-refractivity contribution is 0.0988. The molecule has 1 atom stereocenters. The second-order valence-electron chi connectivity index (χ2n) is 5.76. The number of carbonyl (C=O) groups excluding carboxylic acids is 1. The summed E-state index contributed by atoms with van der Waals surface area (Å²) in [5.74, 6) is 1.40. The Labute approximate surface area is 151 Å². The molecule has 130 valence electrons. The minimum Gasteiger partial charge on any atom is -0.497 e. The highest BCUT2D eigenvalue weighted by atomic mass is 32.2. The number of thioether (sulfide) groups is 1. The predicted molar refractivity (Wildman–Crippen MR) is 100 cm³/mol. The molecule has 2 rings (SSSR count). The van der Waals surface area contributed by atoms with Gasteiger partial charge in [-0.2, -0.15) is 0 Å². The lowest BCUT2D eigenvalue weighted by Crippen LogP contribution is -2.16. The fourth-order valence-corrected chi connectivity index (χ4v) is 4.01. The van der Waals surface area contributed by atoms with Gasteiger partial charge in [0, 0.05) is 12.1 Å². The van der Waals surface area contributed by atoms with E-state index < -0.39 is 0 Å². The molecule has 0 aliphatic rings. The van der Waals surface area contributed by atoms with Crippen LogP contribution in [0.15, 0.2) is 28.6 Å². The van der Waals surface area contributed by atoms with E-state index in [1.807, 2.05) is 19.1 Å². The molecular formula is C17H23N3O2S2. The highest BCUT2D eigenvalue weighted by molar-refractivity contribution is 8.02. The quantitative estimate of drug-likeness (QED) is 0.526. The van der Waals surface area contributed by atoms with Crippen molar-refractivity contribution in [1.29, 1.82) is 0 Å². The van der Waals surface area contributed by atoms with Crippen molar-refractivity contribution in [3.05, 3.63) is 29.8 Å². The number of nitrogens with zero attached hydrogens (tertiary/aromatic N) is 2. The normalized spacial score (nSPS) is 12.2. The van der Waals surface area contributed by atoms with Gasteiger partial charge in [-0.25, -0.2) is 0 Å². The summed E-state index contributed by atoms with van der Waals surface area (Å²) in [6.45, 7) is 7.16. The smallest absolute Gasteiger partial charge is 0.206 e. The monoisotopic (exact) mass is 365 g/mol. The van der Waals surface area contributed by atoms with Crippen molar-refractivity contribution in [1.82, 2.24) is 10.2 Å². The molecule has 5 nitrogen and oxygen atoms in total. The molecule has 0 saturated carbocycles. The van der Waals surface area contributed by atoms with E-state index in [1.54, 1.807) is 19.2 Å². The van der Waals surface area contributed by atoms with Crippen molar-refractivity contribution in [2.24, 2.45) is 5.92 Å². The van der Waals surface area contributed by atoms with E-state index in [-0.39, 0.29) is 11.0 Å². The van der Waals surface area contributed by atoms with Crippen molar-refractivity contribution in [2.75, 3.05) is 19.0 Å². The molecule has 24 heavy (non-hydrogen) atoms. The van der Waals surface area contributed by atoms with E-state index in [2.05, 4.69) is 29.4 Å². The van der Waals surface area contributed by atoms with Gasteiger partial charge in [-0.15, -0.1) is 10.2 Å². The SMILES string of the molecule is CCC(Sc1nnc(NCC(C)C)s1)C(=O)c1ccc(OC)cc1. The van der Waals surface area contributed by atoms with Gasteiger partial charge in [-0.3, -0.25) is 4.79 Å². The van der Waals surface area contributed by atoms with Crippen LogP contribution in [0.1, 0.15) is 37.6 Å². The van der Waals surface area contributed by atoms with Crippen LogP contribution in [0.3, 0.4) is 0 Å². The molecule has 1 aromatic heterocycles. The fourth-order valence-electron chi connectivity index (χ4n) is 2.01. The molecule has 1 aromatic carbocycles. The Morgan fingerprint density at radius 1 is 1.29 bits per heavy atom. The summed E-state index contributed by atoms with van der Waals surface area (Å²) in [5.41, 5.74) is 0.692. The fraction of sp³-hybridized carbons (Fsp3) is 0.471. The van der Waals surface area contributed by atoms with Gasteiger partial charge in [-0.05, 0) is 36.6 Å². The molecular weight excluding hydrogens is 342 g/mol. The topological polar surface area (TPSA) is 64.1 Å². The first-order valence-electron chi connectivity index (χ1n) is 7.95. The van der Waals surface area contributed by atoms with Crippen LogP contribution in [0.5, 0.6) is 5.75 Å².